The minimum Gasteiger partial charge on any atom is -0.444 e. The number of hydrogen-bond donors (Lipinski definition) is 3. The highest BCUT2D eigenvalue weighted by Gasteiger charge is 2.25. The number of alkyl carbamates (subject to hydrolysis) is 1. The molecule has 0 unspecified atom stereocenters. The standard InChI is InChI=1S/C21H35N5O3S.HI/c1-21(2,3)29-20(28)25-16-10-8-15(9-11-16)24-19(23-14-18(27)26(4)5)22-13-17-7-6-12-30-17;/h6-7,12,15-16H,8-11,13-14H2,1-5H3,(H,25,28)(H2,22,23,24);1H. The monoisotopic (exact) mass is 565 g/mol. The molecule has 1 aliphatic carbocycles. The molecule has 2 rings (SSSR count). The Morgan fingerprint density at radius 1 is 1.16 bits per heavy atom. The lowest BCUT2D eigenvalue weighted by Crippen LogP contribution is -2.48. The summed E-state index contributed by atoms with van der Waals surface area (Å²) in [5, 5.41) is 11.8. The molecule has 3 N–H and O–H groups in total. The van der Waals surface area contributed by atoms with Gasteiger partial charge in [0.1, 0.15) is 12.1 Å². The molecule has 0 spiro atoms. The molecule has 0 radical (unpaired) electrons. The zero-order valence-corrected chi connectivity index (χ0v) is 22.2. The Hall–Kier alpha value is -1.56. The third-order valence-corrected chi connectivity index (χ3v) is 5.55. The number of likely N-dealkylation sites (N-methyl/N-ethyl adjacent to an activating group) is 1. The van der Waals surface area contributed by atoms with E-state index in [4.69, 9.17) is 4.74 Å². The van der Waals surface area contributed by atoms with Gasteiger partial charge in [0.05, 0.1) is 6.54 Å². The van der Waals surface area contributed by atoms with Crippen LogP contribution in [0.25, 0.3) is 0 Å². The van der Waals surface area contributed by atoms with E-state index in [1.807, 2.05) is 32.2 Å². The maximum absolute atomic E-state index is 12.0. The number of aliphatic imine (C=N–C) groups is 1. The molecule has 10 heteroatoms. The van der Waals surface area contributed by atoms with Gasteiger partial charge in [-0.25, -0.2) is 9.79 Å². The number of hydrogen-bond acceptors (Lipinski definition) is 5. The second kappa shape index (κ2) is 13.1. The van der Waals surface area contributed by atoms with E-state index in [2.05, 4.69) is 27.0 Å². The van der Waals surface area contributed by atoms with Crippen LogP contribution in [0.15, 0.2) is 22.5 Å². The molecule has 1 aromatic heterocycles. The number of nitrogens with zero attached hydrogens (tertiary/aromatic N) is 2. The highest BCUT2D eigenvalue weighted by atomic mass is 127. The van der Waals surface area contributed by atoms with Crippen LogP contribution in [0.3, 0.4) is 0 Å². The van der Waals surface area contributed by atoms with E-state index in [1.54, 1.807) is 25.4 Å². The van der Waals surface area contributed by atoms with Crippen LogP contribution >= 0.6 is 35.3 Å². The van der Waals surface area contributed by atoms with Crippen molar-refractivity contribution in [1.82, 2.24) is 20.9 Å². The average molecular weight is 566 g/mol. The summed E-state index contributed by atoms with van der Waals surface area (Å²) in [6.07, 6.45) is 3.18. The number of rotatable bonds is 6. The molecule has 31 heavy (non-hydrogen) atoms. The van der Waals surface area contributed by atoms with Crippen LogP contribution in [0, 0.1) is 0 Å². The van der Waals surface area contributed by atoms with Gasteiger partial charge in [0.15, 0.2) is 5.96 Å². The van der Waals surface area contributed by atoms with Gasteiger partial charge in [-0.05, 0) is 57.9 Å². The third kappa shape index (κ3) is 11.0. The van der Waals surface area contributed by atoms with E-state index >= 15 is 0 Å². The normalized spacial score (nSPS) is 19.1. The maximum Gasteiger partial charge on any atom is 0.407 e. The van der Waals surface area contributed by atoms with Crippen LogP contribution in [0.2, 0.25) is 0 Å². The Morgan fingerprint density at radius 3 is 2.29 bits per heavy atom. The third-order valence-electron chi connectivity index (χ3n) is 4.67. The number of amides is 2. The van der Waals surface area contributed by atoms with Gasteiger partial charge >= 0.3 is 6.09 Å². The molecular formula is C21H36IN5O3S. The highest BCUT2D eigenvalue weighted by Crippen LogP contribution is 2.19. The van der Waals surface area contributed by atoms with Gasteiger partial charge in [-0.2, -0.15) is 0 Å². The summed E-state index contributed by atoms with van der Waals surface area (Å²) in [6.45, 7) is 6.34. The summed E-state index contributed by atoms with van der Waals surface area (Å²) in [7, 11) is 3.45. The van der Waals surface area contributed by atoms with Gasteiger partial charge in [0.25, 0.3) is 0 Å². The molecule has 1 heterocycles. The zero-order chi connectivity index (χ0) is 22.1. The molecule has 8 nitrogen and oxygen atoms in total. The van der Waals surface area contributed by atoms with Gasteiger partial charge in [-0.3, -0.25) is 4.79 Å². The lowest BCUT2D eigenvalue weighted by molar-refractivity contribution is -0.127. The number of halogens is 1. The Labute approximate surface area is 206 Å². The van der Waals surface area contributed by atoms with E-state index in [9.17, 15) is 9.59 Å². The van der Waals surface area contributed by atoms with Crippen LogP contribution in [0.4, 0.5) is 4.79 Å². The predicted molar refractivity (Wildman–Crippen MR) is 136 cm³/mol. The number of thiophene rings is 1. The van der Waals surface area contributed by atoms with Crippen LogP contribution in [0.1, 0.15) is 51.3 Å². The molecule has 2 amide bonds. The van der Waals surface area contributed by atoms with E-state index in [0.29, 0.717) is 12.5 Å². The molecule has 0 aliphatic heterocycles. The second-order valence-corrected chi connectivity index (χ2v) is 9.76. The molecule has 1 saturated carbocycles. The van der Waals surface area contributed by atoms with Crippen LogP contribution in [-0.4, -0.2) is 61.2 Å². The first kappa shape index (κ1) is 27.5. The van der Waals surface area contributed by atoms with E-state index in [-0.39, 0.29) is 54.6 Å². The smallest absolute Gasteiger partial charge is 0.407 e. The summed E-state index contributed by atoms with van der Waals surface area (Å²) in [6, 6.07) is 4.44. The molecule has 1 aliphatic rings. The lowest BCUT2D eigenvalue weighted by atomic mass is 9.91. The zero-order valence-electron chi connectivity index (χ0n) is 19.1. The van der Waals surface area contributed by atoms with Crippen molar-refractivity contribution in [3.63, 3.8) is 0 Å². The van der Waals surface area contributed by atoms with Crippen molar-refractivity contribution < 1.29 is 14.3 Å². The van der Waals surface area contributed by atoms with E-state index in [0.717, 1.165) is 25.7 Å². The average Bonchev–Trinajstić information content (AvgIpc) is 3.17. The fourth-order valence-electron chi connectivity index (χ4n) is 3.07. The van der Waals surface area contributed by atoms with Gasteiger partial charge in [-0.15, -0.1) is 35.3 Å². The van der Waals surface area contributed by atoms with Crippen LogP contribution in [0.5, 0.6) is 0 Å². The maximum atomic E-state index is 12.0. The summed E-state index contributed by atoms with van der Waals surface area (Å²) >= 11 is 1.68. The largest absolute Gasteiger partial charge is 0.444 e. The van der Waals surface area contributed by atoms with Crippen LogP contribution < -0.4 is 16.0 Å². The lowest BCUT2D eigenvalue weighted by Gasteiger charge is -2.31. The number of nitrogens with one attached hydrogen (secondary N) is 3. The van der Waals surface area contributed by atoms with Gasteiger partial charge in [-0.1, -0.05) is 6.07 Å². The minimum absolute atomic E-state index is 0. The Bertz CT molecular complexity index is 711. The molecule has 0 saturated heterocycles. The summed E-state index contributed by atoms with van der Waals surface area (Å²) in [5.74, 6) is 0.597. The van der Waals surface area contributed by atoms with Gasteiger partial charge < -0.3 is 25.6 Å². The first-order valence-electron chi connectivity index (χ1n) is 10.4. The fraction of sp³-hybridized carbons (Fsp3) is 0.667. The minimum atomic E-state index is -0.494. The van der Waals surface area contributed by atoms with Crippen molar-refractivity contribution in [3.8, 4) is 0 Å². The Morgan fingerprint density at radius 2 is 1.77 bits per heavy atom. The summed E-state index contributed by atoms with van der Waals surface area (Å²) in [5.41, 5.74) is -0.494. The van der Waals surface area contributed by atoms with Crippen molar-refractivity contribution in [2.75, 3.05) is 20.6 Å². The van der Waals surface area contributed by atoms with Gasteiger partial charge in [0, 0.05) is 31.1 Å². The van der Waals surface area contributed by atoms with E-state index < -0.39 is 5.60 Å². The number of carbonyl (C=O) groups excluding carboxylic acids is 2. The molecule has 0 aromatic carbocycles. The Kier molecular flexibility index (Phi) is 11.6. The fourth-order valence-corrected chi connectivity index (χ4v) is 3.72. The highest BCUT2D eigenvalue weighted by molar-refractivity contribution is 14.0. The molecule has 0 atom stereocenters. The Balaban J connectivity index is 0.00000480. The number of ether oxygens (including phenoxy) is 1. The summed E-state index contributed by atoms with van der Waals surface area (Å²) < 4.78 is 5.34. The molecule has 1 fully saturated rings. The van der Waals surface area contributed by atoms with Crippen LogP contribution in [-0.2, 0) is 16.1 Å². The van der Waals surface area contributed by atoms with E-state index in [1.165, 1.54) is 9.78 Å². The second-order valence-electron chi connectivity index (χ2n) is 8.73. The van der Waals surface area contributed by atoms with Crippen molar-refractivity contribution in [2.45, 2.75) is 70.7 Å². The molecular weight excluding hydrogens is 529 g/mol. The molecule has 0 bridgehead atoms. The first-order chi connectivity index (χ1) is 14.1. The van der Waals surface area contributed by atoms with Crippen molar-refractivity contribution in [2.24, 2.45) is 4.99 Å². The van der Waals surface area contributed by atoms with Gasteiger partial charge in [0.2, 0.25) is 5.91 Å². The van der Waals surface area contributed by atoms with Crippen molar-refractivity contribution >= 4 is 53.3 Å². The van der Waals surface area contributed by atoms with Crippen molar-refractivity contribution in [1.29, 1.82) is 0 Å². The molecule has 176 valence electrons. The molecule has 1 aromatic rings. The number of carbonyl (C=O) groups is 2. The summed E-state index contributed by atoms with van der Waals surface area (Å²) in [4.78, 5) is 31.1. The topological polar surface area (TPSA) is 95.1 Å². The first-order valence-corrected chi connectivity index (χ1v) is 11.3. The van der Waals surface area contributed by atoms with Crippen molar-refractivity contribution in [3.05, 3.63) is 22.4 Å². The number of guanidine groups is 1. The SMILES string of the molecule is CN(C)C(=O)CN=C(NCc1cccs1)NC1CCC(NC(=O)OC(C)(C)C)CC1.I. The predicted octanol–water partition coefficient (Wildman–Crippen LogP) is 3.33. The quantitative estimate of drug-likeness (QED) is 0.280.